The van der Waals surface area contributed by atoms with Gasteiger partial charge in [-0.05, 0) is 49.7 Å². The zero-order chi connectivity index (χ0) is 17.7. The third-order valence-electron chi connectivity index (χ3n) is 3.96. The van der Waals surface area contributed by atoms with E-state index in [1.165, 1.54) is 18.2 Å². The van der Waals surface area contributed by atoms with Gasteiger partial charge in [-0.2, -0.15) is 0 Å². The largest absolute Gasteiger partial charge is 0.325 e. The van der Waals surface area contributed by atoms with Crippen molar-refractivity contribution in [1.29, 1.82) is 0 Å². The lowest BCUT2D eigenvalue weighted by Gasteiger charge is -2.16. The summed E-state index contributed by atoms with van der Waals surface area (Å²) in [7, 11) is -4.01. The van der Waals surface area contributed by atoms with Crippen LogP contribution in [0.25, 0.3) is 0 Å². The van der Waals surface area contributed by atoms with Gasteiger partial charge in [-0.25, -0.2) is 17.2 Å². The van der Waals surface area contributed by atoms with E-state index in [9.17, 15) is 22.0 Å². The van der Waals surface area contributed by atoms with E-state index in [-0.39, 0.29) is 16.5 Å². The van der Waals surface area contributed by atoms with Crippen molar-refractivity contribution in [3.05, 3.63) is 53.6 Å². The van der Waals surface area contributed by atoms with Gasteiger partial charge >= 0.3 is 0 Å². The predicted octanol–water partition coefficient (Wildman–Crippen LogP) is 3.00. The van der Waals surface area contributed by atoms with Gasteiger partial charge in [0.05, 0.1) is 16.0 Å². The molecular formula is C16H14F2N2O3S. The second kappa shape index (κ2) is 5.27. The fraction of sp³-hybridized carbons (Fsp3) is 0.188. The molecular weight excluding hydrogens is 338 g/mol. The van der Waals surface area contributed by atoms with Crippen molar-refractivity contribution in [2.75, 3.05) is 10.0 Å². The summed E-state index contributed by atoms with van der Waals surface area (Å²) in [6, 6.07) is 6.95. The number of amides is 1. The fourth-order valence-corrected chi connectivity index (χ4v) is 3.57. The number of fused-ring (bicyclic) bond motifs is 1. The van der Waals surface area contributed by atoms with E-state index in [1.807, 2.05) is 0 Å². The summed E-state index contributed by atoms with van der Waals surface area (Å²) < 4.78 is 53.3. The smallest absolute Gasteiger partial charge is 0.261 e. The van der Waals surface area contributed by atoms with Gasteiger partial charge in [0.25, 0.3) is 10.0 Å². The molecule has 0 aromatic heterocycles. The van der Waals surface area contributed by atoms with Crippen LogP contribution in [-0.4, -0.2) is 14.3 Å². The van der Waals surface area contributed by atoms with Crippen molar-refractivity contribution in [3.63, 3.8) is 0 Å². The number of benzene rings is 2. The number of nitrogens with one attached hydrogen (secondary N) is 2. The Morgan fingerprint density at radius 2 is 1.75 bits per heavy atom. The summed E-state index contributed by atoms with van der Waals surface area (Å²) in [4.78, 5) is 11.8. The van der Waals surface area contributed by atoms with Crippen LogP contribution in [0.5, 0.6) is 0 Å². The summed E-state index contributed by atoms with van der Waals surface area (Å²) in [6.07, 6.45) is 0. The molecule has 5 nitrogen and oxygen atoms in total. The minimum atomic E-state index is -4.01. The molecule has 0 saturated carbocycles. The Labute approximate surface area is 137 Å². The Bertz CT molecular complexity index is 956. The molecule has 0 radical (unpaired) electrons. The molecule has 8 heteroatoms. The lowest BCUT2D eigenvalue weighted by atomic mass is 9.86. The van der Waals surface area contributed by atoms with Crippen molar-refractivity contribution < 1.29 is 22.0 Å². The van der Waals surface area contributed by atoms with Crippen LogP contribution >= 0.6 is 0 Å². The van der Waals surface area contributed by atoms with Crippen LogP contribution in [0.4, 0.5) is 20.2 Å². The van der Waals surface area contributed by atoms with Crippen LogP contribution < -0.4 is 10.0 Å². The number of hydrogen-bond acceptors (Lipinski definition) is 3. The second-order valence-corrected chi connectivity index (χ2v) is 7.70. The molecule has 1 aliphatic rings. The number of sulfonamides is 1. The molecule has 0 aliphatic carbocycles. The zero-order valence-corrected chi connectivity index (χ0v) is 13.7. The van der Waals surface area contributed by atoms with E-state index in [0.29, 0.717) is 11.3 Å². The summed E-state index contributed by atoms with van der Waals surface area (Å²) in [5.74, 6) is -2.44. The lowest BCUT2D eigenvalue weighted by molar-refractivity contribution is -0.119. The standard InChI is InChI=1S/C16H14F2N2O3S/c1-16(2)11-8-10(4-6-14(11)19-15(16)21)24(22,23)20-9-3-5-12(17)13(18)7-9/h3-8,20H,1-2H3,(H,19,21). The first-order valence-corrected chi connectivity index (χ1v) is 8.53. The van der Waals surface area contributed by atoms with E-state index in [2.05, 4.69) is 10.0 Å². The zero-order valence-electron chi connectivity index (χ0n) is 12.9. The molecule has 0 atom stereocenters. The number of carbonyl (C=O) groups is 1. The van der Waals surface area contributed by atoms with Crippen LogP contribution in [0.1, 0.15) is 19.4 Å². The average molecular weight is 352 g/mol. The van der Waals surface area contributed by atoms with Gasteiger partial charge in [-0.3, -0.25) is 9.52 Å². The lowest BCUT2D eigenvalue weighted by Crippen LogP contribution is -2.27. The highest BCUT2D eigenvalue weighted by Gasteiger charge is 2.39. The van der Waals surface area contributed by atoms with Gasteiger partial charge in [0.2, 0.25) is 5.91 Å². The third kappa shape index (κ3) is 2.62. The van der Waals surface area contributed by atoms with Crippen LogP contribution in [0.15, 0.2) is 41.3 Å². The third-order valence-corrected chi connectivity index (χ3v) is 5.34. The molecule has 0 unspecified atom stereocenters. The molecule has 24 heavy (non-hydrogen) atoms. The minimum absolute atomic E-state index is 0.0736. The topological polar surface area (TPSA) is 75.3 Å². The number of carbonyl (C=O) groups excluding carboxylic acids is 1. The molecule has 1 amide bonds. The van der Waals surface area contributed by atoms with Gasteiger partial charge in [0.1, 0.15) is 0 Å². The highest BCUT2D eigenvalue weighted by Crippen LogP contribution is 2.38. The molecule has 126 valence electrons. The summed E-state index contributed by atoms with van der Waals surface area (Å²) >= 11 is 0. The molecule has 3 rings (SSSR count). The van der Waals surface area contributed by atoms with Gasteiger partial charge < -0.3 is 5.32 Å². The molecule has 0 spiro atoms. The molecule has 2 aromatic rings. The van der Waals surface area contributed by atoms with Gasteiger partial charge in [0.15, 0.2) is 11.6 Å². The Morgan fingerprint density at radius 1 is 1.04 bits per heavy atom. The Balaban J connectivity index is 1.98. The molecule has 2 N–H and O–H groups in total. The maximum Gasteiger partial charge on any atom is 0.261 e. The van der Waals surface area contributed by atoms with Gasteiger partial charge in [-0.15, -0.1) is 0 Å². The van der Waals surface area contributed by atoms with Crippen LogP contribution in [0.3, 0.4) is 0 Å². The first kappa shape index (κ1) is 16.4. The van der Waals surface area contributed by atoms with Crippen molar-refractivity contribution in [2.24, 2.45) is 0 Å². The van der Waals surface area contributed by atoms with Crippen LogP contribution in [0, 0.1) is 11.6 Å². The molecule has 0 fully saturated rings. The van der Waals surface area contributed by atoms with Gasteiger partial charge in [0, 0.05) is 11.8 Å². The van der Waals surface area contributed by atoms with Crippen LogP contribution in [0.2, 0.25) is 0 Å². The number of halogens is 2. The fourth-order valence-electron chi connectivity index (χ4n) is 2.49. The summed E-state index contributed by atoms with van der Waals surface area (Å²) in [5.41, 5.74) is 0.156. The number of hydrogen-bond donors (Lipinski definition) is 2. The Kier molecular flexibility index (Phi) is 3.60. The highest BCUT2D eigenvalue weighted by molar-refractivity contribution is 7.92. The minimum Gasteiger partial charge on any atom is -0.325 e. The normalized spacial score (nSPS) is 15.8. The predicted molar refractivity (Wildman–Crippen MR) is 85.3 cm³/mol. The van der Waals surface area contributed by atoms with Crippen molar-refractivity contribution in [1.82, 2.24) is 0 Å². The molecule has 0 saturated heterocycles. The Morgan fingerprint density at radius 3 is 2.42 bits per heavy atom. The SMILES string of the molecule is CC1(C)C(=O)Nc2ccc(S(=O)(=O)Nc3ccc(F)c(F)c3)cc21. The quantitative estimate of drug-likeness (QED) is 0.892. The molecule has 1 heterocycles. The van der Waals surface area contributed by atoms with Crippen LogP contribution in [-0.2, 0) is 20.2 Å². The second-order valence-electron chi connectivity index (χ2n) is 6.02. The molecule has 1 aliphatic heterocycles. The first-order valence-electron chi connectivity index (χ1n) is 7.05. The summed E-state index contributed by atoms with van der Waals surface area (Å²) in [6.45, 7) is 3.38. The monoisotopic (exact) mass is 352 g/mol. The van der Waals surface area contributed by atoms with Crippen molar-refractivity contribution in [2.45, 2.75) is 24.2 Å². The first-order chi connectivity index (χ1) is 11.1. The maximum absolute atomic E-state index is 13.2. The Hall–Kier alpha value is -2.48. The van der Waals surface area contributed by atoms with E-state index in [1.54, 1.807) is 13.8 Å². The van der Waals surface area contributed by atoms with E-state index >= 15 is 0 Å². The number of rotatable bonds is 3. The molecule has 0 bridgehead atoms. The van der Waals surface area contributed by atoms with Gasteiger partial charge in [-0.1, -0.05) is 0 Å². The van der Waals surface area contributed by atoms with E-state index < -0.39 is 27.1 Å². The highest BCUT2D eigenvalue weighted by atomic mass is 32.2. The van der Waals surface area contributed by atoms with Crippen molar-refractivity contribution in [3.8, 4) is 0 Å². The number of anilines is 2. The van der Waals surface area contributed by atoms with Crippen molar-refractivity contribution >= 4 is 27.3 Å². The molecule has 2 aromatic carbocycles. The van der Waals surface area contributed by atoms with E-state index in [4.69, 9.17) is 0 Å². The van der Waals surface area contributed by atoms with E-state index in [0.717, 1.165) is 18.2 Å². The maximum atomic E-state index is 13.2. The summed E-state index contributed by atoms with van der Waals surface area (Å²) in [5, 5.41) is 2.68. The average Bonchev–Trinajstić information content (AvgIpc) is 2.72.